The monoisotopic (exact) mass is 273 g/mol. The molecule has 0 radical (unpaired) electrons. The standard InChI is InChI=1S/C16H23N3O/c1-4-12-10-13-15(18(3)16(20)17(13)2)14(11-12)19-8-6-5-7-9-19/h10-11H,4-9H2,1-3H3. The molecule has 1 aliphatic rings. The van der Waals surface area contributed by atoms with Crippen molar-refractivity contribution in [3.8, 4) is 0 Å². The van der Waals surface area contributed by atoms with Crippen molar-refractivity contribution in [1.82, 2.24) is 9.13 Å². The Morgan fingerprint density at radius 2 is 1.75 bits per heavy atom. The lowest BCUT2D eigenvalue weighted by molar-refractivity contribution is 0.578. The number of imidazole rings is 1. The highest BCUT2D eigenvalue weighted by molar-refractivity contribution is 5.90. The Morgan fingerprint density at radius 1 is 1.05 bits per heavy atom. The highest BCUT2D eigenvalue weighted by atomic mass is 16.1. The van der Waals surface area contributed by atoms with Crippen molar-refractivity contribution in [1.29, 1.82) is 0 Å². The Balaban J connectivity index is 2.28. The van der Waals surface area contributed by atoms with Crippen LogP contribution in [0.5, 0.6) is 0 Å². The topological polar surface area (TPSA) is 30.2 Å². The molecular formula is C16H23N3O. The molecule has 1 fully saturated rings. The van der Waals surface area contributed by atoms with Gasteiger partial charge in [0.2, 0.25) is 0 Å². The first-order valence-electron chi connectivity index (χ1n) is 7.56. The van der Waals surface area contributed by atoms with Crippen LogP contribution < -0.4 is 10.6 Å². The van der Waals surface area contributed by atoms with Gasteiger partial charge in [-0.1, -0.05) is 6.92 Å². The summed E-state index contributed by atoms with van der Waals surface area (Å²) in [6.07, 6.45) is 4.82. The predicted molar refractivity (Wildman–Crippen MR) is 83.6 cm³/mol. The van der Waals surface area contributed by atoms with Crippen LogP contribution in [0.1, 0.15) is 31.7 Å². The Kier molecular flexibility index (Phi) is 3.32. The van der Waals surface area contributed by atoms with Crippen LogP contribution >= 0.6 is 0 Å². The van der Waals surface area contributed by atoms with Gasteiger partial charge >= 0.3 is 5.69 Å². The quantitative estimate of drug-likeness (QED) is 0.841. The molecule has 0 atom stereocenters. The second kappa shape index (κ2) is 5.00. The van der Waals surface area contributed by atoms with E-state index in [1.807, 2.05) is 14.1 Å². The maximum atomic E-state index is 12.2. The van der Waals surface area contributed by atoms with Crippen LogP contribution in [0.2, 0.25) is 0 Å². The Bertz CT molecular complexity index is 690. The zero-order valence-electron chi connectivity index (χ0n) is 12.6. The van der Waals surface area contributed by atoms with Crippen LogP contribution in [-0.2, 0) is 20.5 Å². The molecule has 1 aromatic heterocycles. The van der Waals surface area contributed by atoms with E-state index in [-0.39, 0.29) is 5.69 Å². The van der Waals surface area contributed by atoms with E-state index in [2.05, 4.69) is 24.0 Å². The van der Waals surface area contributed by atoms with E-state index in [0.29, 0.717) is 0 Å². The van der Waals surface area contributed by atoms with Crippen LogP contribution in [0.4, 0.5) is 5.69 Å². The predicted octanol–water partition coefficient (Wildman–Crippen LogP) is 2.43. The smallest absolute Gasteiger partial charge is 0.328 e. The van der Waals surface area contributed by atoms with E-state index >= 15 is 0 Å². The summed E-state index contributed by atoms with van der Waals surface area (Å²) in [4.78, 5) is 14.7. The molecule has 4 heteroatoms. The molecule has 1 aromatic carbocycles. The number of rotatable bonds is 2. The Hall–Kier alpha value is -1.71. The van der Waals surface area contributed by atoms with E-state index in [0.717, 1.165) is 30.5 Å². The number of aromatic nitrogens is 2. The van der Waals surface area contributed by atoms with Crippen LogP contribution in [0.15, 0.2) is 16.9 Å². The third-order valence-electron chi connectivity index (χ3n) is 4.51. The third kappa shape index (κ3) is 1.94. The molecule has 2 aromatic rings. The molecule has 0 saturated carbocycles. The minimum absolute atomic E-state index is 0.0616. The Labute approximate surface area is 119 Å². The van der Waals surface area contributed by atoms with E-state index in [4.69, 9.17) is 0 Å². The van der Waals surface area contributed by atoms with Gasteiger partial charge in [0.25, 0.3) is 0 Å². The summed E-state index contributed by atoms with van der Waals surface area (Å²) >= 11 is 0. The number of benzene rings is 1. The molecule has 3 rings (SSSR count). The van der Waals surface area contributed by atoms with Gasteiger partial charge in [0, 0.05) is 27.2 Å². The van der Waals surface area contributed by atoms with Crippen molar-refractivity contribution in [3.05, 3.63) is 28.2 Å². The van der Waals surface area contributed by atoms with Gasteiger partial charge in [-0.25, -0.2) is 4.79 Å². The second-order valence-electron chi connectivity index (χ2n) is 5.78. The van der Waals surface area contributed by atoms with E-state index < -0.39 is 0 Å². The first-order valence-corrected chi connectivity index (χ1v) is 7.56. The van der Waals surface area contributed by atoms with Gasteiger partial charge in [0.05, 0.1) is 16.7 Å². The number of fused-ring (bicyclic) bond motifs is 1. The summed E-state index contributed by atoms with van der Waals surface area (Å²) in [6, 6.07) is 4.43. The first-order chi connectivity index (χ1) is 9.63. The second-order valence-corrected chi connectivity index (χ2v) is 5.78. The molecule has 0 N–H and O–H groups in total. The molecule has 108 valence electrons. The van der Waals surface area contributed by atoms with Gasteiger partial charge in [-0.2, -0.15) is 0 Å². The van der Waals surface area contributed by atoms with Crippen LogP contribution in [-0.4, -0.2) is 22.2 Å². The van der Waals surface area contributed by atoms with Gasteiger partial charge in [0.15, 0.2) is 0 Å². The number of aryl methyl sites for hydroxylation is 3. The van der Waals surface area contributed by atoms with E-state index in [1.165, 1.54) is 30.5 Å². The molecule has 1 aliphatic heterocycles. The molecule has 0 unspecified atom stereocenters. The highest BCUT2D eigenvalue weighted by Gasteiger charge is 2.19. The summed E-state index contributed by atoms with van der Waals surface area (Å²) in [7, 11) is 3.74. The lowest BCUT2D eigenvalue weighted by Gasteiger charge is -2.30. The summed E-state index contributed by atoms with van der Waals surface area (Å²) < 4.78 is 3.56. The van der Waals surface area contributed by atoms with Crippen molar-refractivity contribution >= 4 is 16.7 Å². The maximum Gasteiger partial charge on any atom is 0.328 e. The number of nitrogens with zero attached hydrogens (tertiary/aromatic N) is 3. The lowest BCUT2D eigenvalue weighted by Crippen LogP contribution is -2.30. The fraction of sp³-hybridized carbons (Fsp3) is 0.562. The maximum absolute atomic E-state index is 12.2. The summed E-state index contributed by atoms with van der Waals surface area (Å²) in [6.45, 7) is 4.37. The first kappa shape index (κ1) is 13.3. The van der Waals surface area contributed by atoms with Gasteiger partial charge in [-0.05, 0) is 43.4 Å². The fourth-order valence-electron chi connectivity index (χ4n) is 3.26. The molecule has 4 nitrogen and oxygen atoms in total. The van der Waals surface area contributed by atoms with Gasteiger partial charge in [-0.3, -0.25) is 9.13 Å². The summed E-state index contributed by atoms with van der Waals surface area (Å²) in [5.41, 5.74) is 4.74. The third-order valence-corrected chi connectivity index (χ3v) is 4.51. The average molecular weight is 273 g/mol. The molecule has 0 spiro atoms. The van der Waals surface area contributed by atoms with Crippen molar-refractivity contribution < 1.29 is 0 Å². The molecule has 2 heterocycles. The molecule has 1 saturated heterocycles. The van der Waals surface area contributed by atoms with Crippen LogP contribution in [0.25, 0.3) is 11.0 Å². The molecular weight excluding hydrogens is 250 g/mol. The van der Waals surface area contributed by atoms with Crippen molar-refractivity contribution in [2.45, 2.75) is 32.6 Å². The van der Waals surface area contributed by atoms with Crippen molar-refractivity contribution in [2.24, 2.45) is 14.1 Å². The van der Waals surface area contributed by atoms with Gasteiger partial charge in [-0.15, -0.1) is 0 Å². The van der Waals surface area contributed by atoms with Crippen LogP contribution in [0, 0.1) is 0 Å². The van der Waals surface area contributed by atoms with Crippen molar-refractivity contribution in [2.75, 3.05) is 18.0 Å². The minimum atomic E-state index is 0.0616. The number of anilines is 1. The zero-order chi connectivity index (χ0) is 14.3. The molecule has 0 amide bonds. The zero-order valence-corrected chi connectivity index (χ0v) is 12.6. The molecule has 0 aliphatic carbocycles. The van der Waals surface area contributed by atoms with Crippen molar-refractivity contribution in [3.63, 3.8) is 0 Å². The number of hydrogen-bond acceptors (Lipinski definition) is 2. The van der Waals surface area contributed by atoms with Gasteiger partial charge < -0.3 is 4.90 Å². The number of piperidine rings is 1. The normalized spacial score (nSPS) is 16.1. The molecule has 0 bridgehead atoms. The number of hydrogen-bond donors (Lipinski definition) is 0. The van der Waals surface area contributed by atoms with E-state index in [9.17, 15) is 4.79 Å². The molecule has 20 heavy (non-hydrogen) atoms. The minimum Gasteiger partial charge on any atom is -0.370 e. The summed E-state index contributed by atoms with van der Waals surface area (Å²) in [5, 5.41) is 0. The van der Waals surface area contributed by atoms with Crippen LogP contribution in [0.3, 0.4) is 0 Å². The fourth-order valence-corrected chi connectivity index (χ4v) is 3.26. The average Bonchev–Trinajstić information content (AvgIpc) is 2.72. The largest absolute Gasteiger partial charge is 0.370 e. The van der Waals surface area contributed by atoms with E-state index in [1.54, 1.807) is 9.13 Å². The SMILES string of the molecule is CCc1cc(N2CCCCC2)c2c(c1)n(C)c(=O)n2C. The highest BCUT2D eigenvalue weighted by Crippen LogP contribution is 2.30. The summed E-state index contributed by atoms with van der Waals surface area (Å²) in [5.74, 6) is 0. The lowest BCUT2D eigenvalue weighted by atomic mass is 10.1. The van der Waals surface area contributed by atoms with Gasteiger partial charge in [0.1, 0.15) is 0 Å². The Morgan fingerprint density at radius 3 is 2.40 bits per heavy atom.